The van der Waals surface area contributed by atoms with E-state index in [4.69, 9.17) is 5.73 Å². The first-order chi connectivity index (χ1) is 9.02. The number of aromatic nitrogens is 2. The zero-order valence-electron chi connectivity index (χ0n) is 12.2. The van der Waals surface area contributed by atoms with E-state index in [9.17, 15) is 0 Å². The number of rotatable bonds is 4. The topological polar surface area (TPSA) is 67.1 Å². The minimum absolute atomic E-state index is 0.220. The maximum atomic E-state index is 5.61. The summed E-state index contributed by atoms with van der Waals surface area (Å²) in [5.41, 5.74) is 5.83. The van der Waals surface area contributed by atoms with Gasteiger partial charge in [0.15, 0.2) is 0 Å². The van der Waals surface area contributed by atoms with E-state index in [-0.39, 0.29) is 5.54 Å². The second kappa shape index (κ2) is 5.74. The number of likely N-dealkylation sites (N-methyl/N-ethyl adjacent to an activating group) is 1. The van der Waals surface area contributed by atoms with Crippen LogP contribution in [0.25, 0.3) is 0 Å². The van der Waals surface area contributed by atoms with Crippen LogP contribution >= 0.6 is 0 Å². The molecule has 1 saturated carbocycles. The molecule has 0 saturated heterocycles. The van der Waals surface area contributed by atoms with Crippen molar-refractivity contribution in [3.05, 3.63) is 12.3 Å². The molecule has 3 N–H and O–H groups in total. The van der Waals surface area contributed by atoms with Gasteiger partial charge in [-0.25, -0.2) is 4.98 Å². The first-order valence-corrected chi connectivity index (χ1v) is 7.02. The van der Waals surface area contributed by atoms with Crippen molar-refractivity contribution in [2.75, 3.05) is 31.7 Å². The van der Waals surface area contributed by atoms with Crippen LogP contribution < -0.4 is 11.1 Å². The fourth-order valence-corrected chi connectivity index (χ4v) is 3.08. The van der Waals surface area contributed by atoms with Crippen molar-refractivity contribution in [2.24, 2.45) is 5.92 Å². The van der Waals surface area contributed by atoms with Crippen LogP contribution in [0, 0.1) is 5.92 Å². The van der Waals surface area contributed by atoms with Crippen LogP contribution in [0.2, 0.25) is 0 Å². The molecule has 2 atom stereocenters. The average molecular weight is 263 g/mol. The molecule has 0 radical (unpaired) electrons. The molecule has 0 bridgehead atoms. The largest absolute Gasteiger partial charge is 0.368 e. The van der Waals surface area contributed by atoms with E-state index in [1.807, 2.05) is 6.07 Å². The van der Waals surface area contributed by atoms with Gasteiger partial charge in [-0.3, -0.25) is 0 Å². The van der Waals surface area contributed by atoms with E-state index in [1.165, 1.54) is 25.7 Å². The van der Waals surface area contributed by atoms with Crippen LogP contribution in [-0.4, -0.2) is 41.0 Å². The van der Waals surface area contributed by atoms with Gasteiger partial charge in [-0.1, -0.05) is 19.8 Å². The zero-order chi connectivity index (χ0) is 13.9. The maximum absolute atomic E-state index is 5.61. The van der Waals surface area contributed by atoms with Crippen LogP contribution in [-0.2, 0) is 0 Å². The lowest BCUT2D eigenvalue weighted by Crippen LogP contribution is -2.52. The summed E-state index contributed by atoms with van der Waals surface area (Å²) in [6.45, 7) is 3.25. The van der Waals surface area contributed by atoms with Crippen molar-refractivity contribution < 1.29 is 0 Å². The first kappa shape index (κ1) is 14.1. The molecule has 2 unspecified atom stereocenters. The SMILES string of the molecule is CC1CCCC(CNc2ccnc(N)n2)(N(C)C)C1. The van der Waals surface area contributed by atoms with Crippen LogP contribution in [0.5, 0.6) is 0 Å². The fourth-order valence-electron chi connectivity index (χ4n) is 3.08. The van der Waals surface area contributed by atoms with Gasteiger partial charge in [0.25, 0.3) is 0 Å². The Labute approximate surface area is 115 Å². The van der Waals surface area contributed by atoms with Crippen molar-refractivity contribution in [1.29, 1.82) is 0 Å². The summed E-state index contributed by atoms with van der Waals surface area (Å²) < 4.78 is 0. The minimum atomic E-state index is 0.220. The van der Waals surface area contributed by atoms with E-state index < -0.39 is 0 Å². The van der Waals surface area contributed by atoms with Gasteiger partial charge in [-0.2, -0.15) is 4.98 Å². The molecule has 1 aromatic heterocycles. The van der Waals surface area contributed by atoms with Crippen LogP contribution in [0.1, 0.15) is 32.6 Å². The minimum Gasteiger partial charge on any atom is -0.368 e. The lowest BCUT2D eigenvalue weighted by molar-refractivity contribution is 0.0881. The Hall–Kier alpha value is -1.36. The van der Waals surface area contributed by atoms with Gasteiger partial charge < -0.3 is 16.0 Å². The Morgan fingerprint density at radius 3 is 2.95 bits per heavy atom. The quantitative estimate of drug-likeness (QED) is 0.869. The normalized spacial score (nSPS) is 27.5. The molecule has 0 aliphatic heterocycles. The van der Waals surface area contributed by atoms with E-state index in [2.05, 4.69) is 41.2 Å². The Bertz CT molecular complexity index is 420. The van der Waals surface area contributed by atoms with Gasteiger partial charge in [-0.15, -0.1) is 0 Å². The second-order valence-corrected chi connectivity index (χ2v) is 5.97. The highest BCUT2D eigenvalue weighted by molar-refractivity contribution is 5.37. The number of nitrogens with two attached hydrogens (primary N) is 1. The fraction of sp³-hybridized carbons (Fsp3) is 0.714. The summed E-state index contributed by atoms with van der Waals surface area (Å²) in [5, 5.41) is 3.43. The van der Waals surface area contributed by atoms with Gasteiger partial charge >= 0.3 is 0 Å². The highest BCUT2D eigenvalue weighted by atomic mass is 15.2. The molecule has 5 nitrogen and oxygen atoms in total. The molecular formula is C14H25N5. The number of nitrogen functional groups attached to an aromatic ring is 1. The molecule has 0 aromatic carbocycles. The predicted molar refractivity (Wildman–Crippen MR) is 79.0 cm³/mol. The lowest BCUT2D eigenvalue weighted by atomic mass is 9.75. The summed E-state index contributed by atoms with van der Waals surface area (Å²) >= 11 is 0. The summed E-state index contributed by atoms with van der Waals surface area (Å²) in [6, 6.07) is 1.87. The van der Waals surface area contributed by atoms with E-state index >= 15 is 0 Å². The Morgan fingerprint density at radius 1 is 1.53 bits per heavy atom. The lowest BCUT2D eigenvalue weighted by Gasteiger charge is -2.45. The molecule has 1 aliphatic rings. The van der Waals surface area contributed by atoms with Crippen molar-refractivity contribution in [1.82, 2.24) is 14.9 Å². The average Bonchev–Trinajstić information content (AvgIpc) is 2.36. The maximum Gasteiger partial charge on any atom is 0.221 e. The molecule has 19 heavy (non-hydrogen) atoms. The molecule has 5 heteroatoms. The number of hydrogen-bond donors (Lipinski definition) is 2. The van der Waals surface area contributed by atoms with Gasteiger partial charge in [0, 0.05) is 18.3 Å². The third-order valence-corrected chi connectivity index (χ3v) is 4.29. The molecule has 1 aromatic rings. The third kappa shape index (κ3) is 3.35. The summed E-state index contributed by atoms with van der Waals surface area (Å²) in [6.07, 6.45) is 6.80. The van der Waals surface area contributed by atoms with Crippen molar-refractivity contribution in [3.8, 4) is 0 Å². The Morgan fingerprint density at radius 2 is 2.32 bits per heavy atom. The molecule has 0 amide bonds. The summed E-state index contributed by atoms with van der Waals surface area (Å²) in [4.78, 5) is 10.5. The summed E-state index contributed by atoms with van der Waals surface area (Å²) in [7, 11) is 4.35. The number of hydrogen-bond acceptors (Lipinski definition) is 5. The van der Waals surface area contributed by atoms with E-state index in [0.717, 1.165) is 18.3 Å². The van der Waals surface area contributed by atoms with E-state index in [0.29, 0.717) is 5.95 Å². The monoisotopic (exact) mass is 263 g/mol. The molecule has 1 fully saturated rings. The molecule has 1 heterocycles. The number of nitrogens with one attached hydrogen (secondary N) is 1. The zero-order valence-corrected chi connectivity index (χ0v) is 12.2. The molecule has 1 aliphatic carbocycles. The van der Waals surface area contributed by atoms with Gasteiger partial charge in [0.1, 0.15) is 5.82 Å². The predicted octanol–water partition coefficient (Wildman–Crippen LogP) is 1.98. The number of nitrogens with zero attached hydrogens (tertiary/aromatic N) is 3. The highest BCUT2D eigenvalue weighted by Gasteiger charge is 2.36. The highest BCUT2D eigenvalue weighted by Crippen LogP contribution is 2.35. The summed E-state index contributed by atoms with van der Waals surface area (Å²) in [5.74, 6) is 1.92. The molecule has 2 rings (SSSR count). The Kier molecular flexibility index (Phi) is 4.24. The van der Waals surface area contributed by atoms with Crippen LogP contribution in [0.15, 0.2) is 12.3 Å². The van der Waals surface area contributed by atoms with Crippen molar-refractivity contribution in [3.63, 3.8) is 0 Å². The number of anilines is 2. The van der Waals surface area contributed by atoms with Crippen molar-refractivity contribution >= 4 is 11.8 Å². The second-order valence-electron chi connectivity index (χ2n) is 5.97. The first-order valence-electron chi connectivity index (χ1n) is 7.02. The van der Waals surface area contributed by atoms with E-state index in [1.54, 1.807) is 6.20 Å². The van der Waals surface area contributed by atoms with Crippen LogP contribution in [0.3, 0.4) is 0 Å². The third-order valence-electron chi connectivity index (χ3n) is 4.29. The molecule has 0 spiro atoms. The Balaban J connectivity index is 2.05. The van der Waals surface area contributed by atoms with Gasteiger partial charge in [0.05, 0.1) is 0 Å². The van der Waals surface area contributed by atoms with Gasteiger partial charge in [-0.05, 0) is 38.9 Å². The van der Waals surface area contributed by atoms with Crippen LogP contribution in [0.4, 0.5) is 11.8 Å². The van der Waals surface area contributed by atoms with Gasteiger partial charge in [0.2, 0.25) is 5.95 Å². The van der Waals surface area contributed by atoms with Crippen molar-refractivity contribution in [2.45, 2.75) is 38.1 Å². The smallest absolute Gasteiger partial charge is 0.221 e. The standard InChI is InChI=1S/C14H25N5/c1-11-5-4-7-14(9-11,19(2)3)10-17-12-6-8-16-13(15)18-12/h6,8,11H,4-5,7,9-10H2,1-3H3,(H3,15,16,17,18). The molecule has 106 valence electrons. The molecular weight excluding hydrogens is 238 g/mol.